The Bertz CT molecular complexity index is 703. The fourth-order valence-electron chi connectivity index (χ4n) is 3.37. The molecule has 7 nitrogen and oxygen atoms in total. The van der Waals surface area contributed by atoms with Crippen LogP contribution in [0.1, 0.15) is 24.0 Å². The monoisotopic (exact) mass is 343 g/mol. The van der Waals surface area contributed by atoms with Gasteiger partial charge in [-0.05, 0) is 31.9 Å². The van der Waals surface area contributed by atoms with Crippen LogP contribution in [0.2, 0.25) is 0 Å². The summed E-state index contributed by atoms with van der Waals surface area (Å²) >= 11 is 0. The van der Waals surface area contributed by atoms with Crippen LogP contribution in [0.15, 0.2) is 36.7 Å². The molecule has 0 radical (unpaired) electrons. The number of rotatable bonds is 6. The number of hydrogen-bond acceptors (Lipinski definition) is 5. The van der Waals surface area contributed by atoms with E-state index >= 15 is 0 Å². The second-order valence-corrected chi connectivity index (χ2v) is 6.90. The molecule has 1 atom stereocenters. The van der Waals surface area contributed by atoms with E-state index in [1.807, 2.05) is 30.0 Å². The van der Waals surface area contributed by atoms with Gasteiger partial charge in [-0.15, -0.1) is 5.10 Å². The molecule has 25 heavy (non-hydrogen) atoms. The van der Waals surface area contributed by atoms with E-state index < -0.39 is 5.60 Å². The maximum absolute atomic E-state index is 12.2. The predicted molar refractivity (Wildman–Crippen MR) is 93.7 cm³/mol. The molecule has 1 aromatic carbocycles. The summed E-state index contributed by atoms with van der Waals surface area (Å²) in [6, 6.07) is 8.10. The normalized spacial score (nSPS) is 21.2. The molecule has 1 aliphatic heterocycles. The first-order chi connectivity index (χ1) is 12.0. The van der Waals surface area contributed by atoms with Gasteiger partial charge in [0.25, 0.3) is 0 Å². The molecule has 1 aromatic heterocycles. The van der Waals surface area contributed by atoms with Crippen molar-refractivity contribution in [2.24, 2.45) is 0 Å². The molecular weight excluding hydrogens is 318 g/mol. The van der Waals surface area contributed by atoms with Crippen LogP contribution in [-0.2, 0) is 17.9 Å². The van der Waals surface area contributed by atoms with Gasteiger partial charge in [0.15, 0.2) is 0 Å². The highest BCUT2D eigenvalue weighted by Gasteiger charge is 2.34. The second-order valence-electron chi connectivity index (χ2n) is 6.90. The number of amides is 1. The van der Waals surface area contributed by atoms with Gasteiger partial charge >= 0.3 is 0 Å². The summed E-state index contributed by atoms with van der Waals surface area (Å²) in [5, 5.41) is 21.4. The zero-order valence-electron chi connectivity index (χ0n) is 14.6. The number of nitrogens with one attached hydrogen (secondary N) is 1. The number of aliphatic hydroxyl groups is 1. The van der Waals surface area contributed by atoms with Gasteiger partial charge in [-0.2, -0.15) is 0 Å². The van der Waals surface area contributed by atoms with E-state index in [1.165, 1.54) is 5.56 Å². The molecule has 0 bridgehead atoms. The number of nitrogens with zero attached hydrogens (tertiary/aromatic N) is 4. The SMILES string of the molecule is Cc1cccc(CNC(=O)CN2CCCC(O)(Cn3ccnn3)C2)c1. The lowest BCUT2D eigenvalue weighted by Crippen LogP contribution is -2.52. The number of aromatic nitrogens is 3. The Labute approximate surface area is 147 Å². The smallest absolute Gasteiger partial charge is 0.234 e. The van der Waals surface area contributed by atoms with Crippen molar-refractivity contribution in [2.45, 2.75) is 38.5 Å². The number of β-amino-alcohol motifs (C(OH)–C–C–N with tert-alkyl or cyclic N) is 1. The molecule has 2 N–H and O–H groups in total. The van der Waals surface area contributed by atoms with Gasteiger partial charge in [0, 0.05) is 19.3 Å². The van der Waals surface area contributed by atoms with Crippen molar-refractivity contribution in [3.8, 4) is 0 Å². The van der Waals surface area contributed by atoms with E-state index in [1.54, 1.807) is 17.1 Å². The molecule has 7 heteroatoms. The van der Waals surface area contributed by atoms with E-state index in [0.29, 0.717) is 32.6 Å². The number of piperidine rings is 1. The Hall–Kier alpha value is -2.25. The topological polar surface area (TPSA) is 83.3 Å². The molecular formula is C18H25N5O2. The molecule has 134 valence electrons. The number of aryl methyl sites for hydroxylation is 1. The standard InChI is InChI=1S/C18H25N5O2/c1-15-4-2-5-16(10-15)11-19-17(24)12-22-8-3-6-18(25,13-22)14-23-9-7-20-21-23/h2,4-5,7,9-10,25H,3,6,8,11-14H2,1H3,(H,19,24). The van der Waals surface area contributed by atoms with Crippen LogP contribution in [-0.4, -0.2) is 56.1 Å². The molecule has 1 aliphatic rings. The summed E-state index contributed by atoms with van der Waals surface area (Å²) < 4.78 is 1.64. The fourth-order valence-corrected chi connectivity index (χ4v) is 3.37. The number of carbonyl (C=O) groups excluding carboxylic acids is 1. The summed E-state index contributed by atoms with van der Waals surface area (Å²) in [6.45, 7) is 4.54. The number of likely N-dealkylation sites (tertiary alicyclic amines) is 1. The lowest BCUT2D eigenvalue weighted by atomic mass is 9.93. The van der Waals surface area contributed by atoms with Gasteiger partial charge in [-0.3, -0.25) is 9.69 Å². The molecule has 0 saturated carbocycles. The Morgan fingerprint density at radius 1 is 1.44 bits per heavy atom. The first kappa shape index (κ1) is 17.6. The third kappa shape index (κ3) is 5.11. The second kappa shape index (κ2) is 7.76. The molecule has 1 amide bonds. The Morgan fingerprint density at radius 3 is 3.08 bits per heavy atom. The molecule has 3 rings (SSSR count). The quantitative estimate of drug-likeness (QED) is 0.808. The van der Waals surface area contributed by atoms with Crippen LogP contribution in [0.4, 0.5) is 0 Å². The molecule has 0 spiro atoms. The van der Waals surface area contributed by atoms with E-state index in [9.17, 15) is 9.90 Å². The summed E-state index contributed by atoms with van der Waals surface area (Å²) in [6.07, 6.45) is 4.90. The van der Waals surface area contributed by atoms with Gasteiger partial charge in [0.05, 0.1) is 24.9 Å². The van der Waals surface area contributed by atoms with Gasteiger partial charge in [-0.25, -0.2) is 4.68 Å². The first-order valence-electron chi connectivity index (χ1n) is 8.64. The maximum atomic E-state index is 12.2. The first-order valence-corrected chi connectivity index (χ1v) is 8.64. The zero-order valence-corrected chi connectivity index (χ0v) is 14.6. The van der Waals surface area contributed by atoms with Crippen molar-refractivity contribution in [2.75, 3.05) is 19.6 Å². The maximum Gasteiger partial charge on any atom is 0.234 e. The molecule has 2 heterocycles. The minimum atomic E-state index is -0.872. The Kier molecular flexibility index (Phi) is 5.45. The van der Waals surface area contributed by atoms with Crippen LogP contribution < -0.4 is 5.32 Å². The molecule has 2 aromatic rings. The zero-order chi connectivity index (χ0) is 17.7. The van der Waals surface area contributed by atoms with Crippen LogP contribution in [0, 0.1) is 6.92 Å². The van der Waals surface area contributed by atoms with E-state index in [-0.39, 0.29) is 5.91 Å². The van der Waals surface area contributed by atoms with Crippen LogP contribution in [0.3, 0.4) is 0 Å². The largest absolute Gasteiger partial charge is 0.387 e. The highest BCUT2D eigenvalue weighted by Crippen LogP contribution is 2.22. The number of benzene rings is 1. The molecule has 0 aliphatic carbocycles. The molecule has 1 unspecified atom stereocenters. The van der Waals surface area contributed by atoms with E-state index in [2.05, 4.69) is 21.7 Å². The third-order valence-corrected chi connectivity index (χ3v) is 4.50. The minimum Gasteiger partial charge on any atom is -0.387 e. The molecule has 1 fully saturated rings. The van der Waals surface area contributed by atoms with E-state index in [4.69, 9.17) is 0 Å². The van der Waals surface area contributed by atoms with Gasteiger partial charge < -0.3 is 10.4 Å². The average Bonchev–Trinajstić information content (AvgIpc) is 3.05. The lowest BCUT2D eigenvalue weighted by molar-refractivity contribution is -0.124. The Morgan fingerprint density at radius 2 is 2.32 bits per heavy atom. The number of hydrogen-bond donors (Lipinski definition) is 2. The fraction of sp³-hybridized carbons (Fsp3) is 0.500. The summed E-state index contributed by atoms with van der Waals surface area (Å²) in [5.74, 6) is -0.0217. The Balaban J connectivity index is 1.49. The highest BCUT2D eigenvalue weighted by atomic mass is 16.3. The summed E-state index contributed by atoms with van der Waals surface area (Å²) in [4.78, 5) is 14.2. The van der Waals surface area contributed by atoms with Gasteiger partial charge in [0.1, 0.15) is 0 Å². The highest BCUT2D eigenvalue weighted by molar-refractivity contribution is 5.78. The predicted octanol–water partition coefficient (Wildman–Crippen LogP) is 0.730. The van der Waals surface area contributed by atoms with Crippen molar-refractivity contribution in [1.29, 1.82) is 0 Å². The molecule has 1 saturated heterocycles. The van der Waals surface area contributed by atoms with Crippen LogP contribution in [0.25, 0.3) is 0 Å². The van der Waals surface area contributed by atoms with Crippen molar-refractivity contribution >= 4 is 5.91 Å². The number of carbonyl (C=O) groups is 1. The summed E-state index contributed by atoms with van der Waals surface area (Å²) in [5.41, 5.74) is 1.40. The van der Waals surface area contributed by atoms with Gasteiger partial charge in [0.2, 0.25) is 5.91 Å². The van der Waals surface area contributed by atoms with Crippen molar-refractivity contribution in [1.82, 2.24) is 25.2 Å². The minimum absolute atomic E-state index is 0.0217. The lowest BCUT2D eigenvalue weighted by Gasteiger charge is -2.38. The average molecular weight is 343 g/mol. The van der Waals surface area contributed by atoms with Crippen molar-refractivity contribution < 1.29 is 9.90 Å². The van der Waals surface area contributed by atoms with Crippen molar-refractivity contribution in [3.05, 3.63) is 47.8 Å². The third-order valence-electron chi connectivity index (χ3n) is 4.50. The van der Waals surface area contributed by atoms with E-state index in [0.717, 1.165) is 18.5 Å². The van der Waals surface area contributed by atoms with Crippen LogP contribution >= 0.6 is 0 Å². The van der Waals surface area contributed by atoms with Crippen molar-refractivity contribution in [3.63, 3.8) is 0 Å². The van der Waals surface area contributed by atoms with Crippen LogP contribution in [0.5, 0.6) is 0 Å². The van der Waals surface area contributed by atoms with Gasteiger partial charge in [-0.1, -0.05) is 35.0 Å². The summed E-state index contributed by atoms with van der Waals surface area (Å²) in [7, 11) is 0.